The number of phenols is 1. The van der Waals surface area contributed by atoms with E-state index >= 15 is 0 Å². The lowest BCUT2D eigenvalue weighted by Gasteiger charge is -2.00. The fourth-order valence-corrected chi connectivity index (χ4v) is 2.09. The van der Waals surface area contributed by atoms with Crippen molar-refractivity contribution < 1.29 is 9.52 Å². The molecule has 0 aliphatic carbocycles. The Bertz CT molecular complexity index is 674. The van der Waals surface area contributed by atoms with Crippen LogP contribution in [-0.2, 0) is 0 Å². The van der Waals surface area contributed by atoms with E-state index in [1.807, 2.05) is 24.3 Å². The molecule has 0 fully saturated rings. The molecule has 0 amide bonds. The molecule has 3 rings (SSSR count). The van der Waals surface area contributed by atoms with E-state index in [0.717, 1.165) is 10.2 Å². The summed E-state index contributed by atoms with van der Waals surface area (Å²) >= 11 is 3.37. The lowest BCUT2D eigenvalue weighted by Crippen LogP contribution is -1.79. The molecule has 0 spiro atoms. The number of hydrogen-bond acceptors (Lipinski definition) is 3. The average Bonchev–Trinajstić information content (AvgIpc) is 3.00. The molecule has 0 bridgehead atoms. The van der Waals surface area contributed by atoms with Gasteiger partial charge in [-0.25, -0.2) is 0 Å². The van der Waals surface area contributed by atoms with E-state index in [1.165, 1.54) is 0 Å². The zero-order chi connectivity index (χ0) is 12.5. The van der Waals surface area contributed by atoms with E-state index in [9.17, 15) is 5.11 Å². The van der Waals surface area contributed by atoms with Crippen molar-refractivity contribution in [2.24, 2.45) is 0 Å². The van der Waals surface area contributed by atoms with Gasteiger partial charge in [-0.3, -0.25) is 5.10 Å². The molecule has 2 aromatic heterocycles. The van der Waals surface area contributed by atoms with Crippen LogP contribution in [0.4, 0.5) is 0 Å². The van der Waals surface area contributed by atoms with Crippen molar-refractivity contribution in [3.63, 3.8) is 0 Å². The standard InChI is InChI=1S/C13H9BrN2O2/c14-8-3-4-12(17)9(6-8)10-7-11(16-15-10)13-2-1-5-18-13/h1-7,17H,(H,15,16). The second-order valence-electron chi connectivity index (χ2n) is 3.81. The predicted octanol–water partition coefficient (Wildman–Crippen LogP) is 3.80. The summed E-state index contributed by atoms with van der Waals surface area (Å²) in [6.07, 6.45) is 1.60. The van der Waals surface area contributed by atoms with Crippen molar-refractivity contribution in [1.82, 2.24) is 10.2 Å². The number of aromatic amines is 1. The van der Waals surface area contributed by atoms with Gasteiger partial charge in [-0.1, -0.05) is 15.9 Å². The summed E-state index contributed by atoms with van der Waals surface area (Å²) < 4.78 is 6.17. The Morgan fingerprint density at radius 2 is 2.11 bits per heavy atom. The number of furan rings is 1. The highest BCUT2D eigenvalue weighted by atomic mass is 79.9. The van der Waals surface area contributed by atoms with E-state index in [2.05, 4.69) is 26.1 Å². The molecule has 90 valence electrons. The van der Waals surface area contributed by atoms with Gasteiger partial charge in [-0.05, 0) is 36.4 Å². The van der Waals surface area contributed by atoms with Crippen LogP contribution < -0.4 is 0 Å². The minimum Gasteiger partial charge on any atom is -0.507 e. The highest BCUT2D eigenvalue weighted by molar-refractivity contribution is 9.10. The van der Waals surface area contributed by atoms with Gasteiger partial charge in [-0.2, -0.15) is 5.10 Å². The molecule has 2 heterocycles. The van der Waals surface area contributed by atoms with Gasteiger partial charge in [0.05, 0.1) is 12.0 Å². The fraction of sp³-hybridized carbons (Fsp3) is 0. The van der Waals surface area contributed by atoms with Crippen molar-refractivity contribution in [1.29, 1.82) is 0 Å². The number of nitrogens with one attached hydrogen (secondary N) is 1. The van der Waals surface area contributed by atoms with E-state index in [4.69, 9.17) is 4.42 Å². The first-order chi connectivity index (χ1) is 8.74. The lowest BCUT2D eigenvalue weighted by atomic mass is 10.1. The highest BCUT2D eigenvalue weighted by Gasteiger charge is 2.11. The Kier molecular flexibility index (Phi) is 2.68. The van der Waals surface area contributed by atoms with Crippen LogP contribution in [0.2, 0.25) is 0 Å². The molecule has 0 aliphatic rings. The summed E-state index contributed by atoms with van der Waals surface area (Å²) in [6.45, 7) is 0. The molecule has 2 N–H and O–H groups in total. The van der Waals surface area contributed by atoms with Crippen LogP contribution in [0.3, 0.4) is 0 Å². The Morgan fingerprint density at radius 1 is 1.22 bits per heavy atom. The molecular formula is C13H9BrN2O2. The minimum atomic E-state index is 0.190. The largest absolute Gasteiger partial charge is 0.507 e. The van der Waals surface area contributed by atoms with E-state index in [-0.39, 0.29) is 5.75 Å². The third-order valence-electron chi connectivity index (χ3n) is 2.60. The number of benzene rings is 1. The molecule has 0 atom stereocenters. The van der Waals surface area contributed by atoms with Crippen molar-refractivity contribution in [2.45, 2.75) is 0 Å². The van der Waals surface area contributed by atoms with Crippen molar-refractivity contribution >= 4 is 15.9 Å². The summed E-state index contributed by atoms with van der Waals surface area (Å²) in [5, 5.41) is 16.9. The second kappa shape index (κ2) is 4.34. The predicted molar refractivity (Wildman–Crippen MR) is 71.1 cm³/mol. The first-order valence-electron chi connectivity index (χ1n) is 5.32. The molecule has 0 aliphatic heterocycles. The van der Waals surface area contributed by atoms with Gasteiger partial charge < -0.3 is 9.52 Å². The lowest BCUT2D eigenvalue weighted by molar-refractivity contribution is 0.477. The number of rotatable bonds is 2. The van der Waals surface area contributed by atoms with Crippen LogP contribution in [0.25, 0.3) is 22.7 Å². The van der Waals surface area contributed by atoms with Crippen LogP contribution in [0.5, 0.6) is 5.75 Å². The molecule has 0 unspecified atom stereocenters. The zero-order valence-electron chi connectivity index (χ0n) is 9.22. The molecule has 3 aromatic rings. The van der Waals surface area contributed by atoms with Crippen molar-refractivity contribution in [3.05, 3.63) is 47.1 Å². The van der Waals surface area contributed by atoms with Crippen LogP contribution >= 0.6 is 15.9 Å². The maximum Gasteiger partial charge on any atom is 0.151 e. The second-order valence-corrected chi connectivity index (χ2v) is 4.72. The van der Waals surface area contributed by atoms with Crippen molar-refractivity contribution in [2.75, 3.05) is 0 Å². The summed E-state index contributed by atoms with van der Waals surface area (Å²) in [6, 6.07) is 10.7. The number of hydrogen-bond donors (Lipinski definition) is 2. The summed E-state index contributed by atoms with van der Waals surface area (Å²) in [4.78, 5) is 0. The first-order valence-corrected chi connectivity index (χ1v) is 6.11. The number of phenolic OH excluding ortho intramolecular Hbond substituents is 1. The van der Waals surface area contributed by atoms with Gasteiger partial charge >= 0.3 is 0 Å². The van der Waals surface area contributed by atoms with Crippen molar-refractivity contribution in [3.8, 4) is 28.5 Å². The van der Waals surface area contributed by atoms with Crippen LogP contribution in [0.15, 0.2) is 51.6 Å². The molecule has 18 heavy (non-hydrogen) atoms. The molecule has 0 saturated carbocycles. The third kappa shape index (κ3) is 1.93. The Balaban J connectivity index is 2.05. The Hall–Kier alpha value is -2.01. The van der Waals surface area contributed by atoms with Crippen LogP contribution in [0.1, 0.15) is 0 Å². The summed E-state index contributed by atoms with van der Waals surface area (Å²) in [7, 11) is 0. The van der Waals surface area contributed by atoms with Gasteiger partial charge in [0.2, 0.25) is 0 Å². The molecule has 1 aromatic carbocycles. The topological polar surface area (TPSA) is 62.1 Å². The van der Waals surface area contributed by atoms with E-state index in [1.54, 1.807) is 18.4 Å². The molecule has 5 heteroatoms. The Morgan fingerprint density at radius 3 is 2.89 bits per heavy atom. The average molecular weight is 305 g/mol. The number of halogens is 1. The molecule has 0 saturated heterocycles. The molecule has 4 nitrogen and oxygen atoms in total. The smallest absolute Gasteiger partial charge is 0.151 e. The highest BCUT2D eigenvalue weighted by Crippen LogP contribution is 2.32. The Labute approximate surface area is 111 Å². The normalized spacial score (nSPS) is 10.7. The SMILES string of the molecule is Oc1ccc(Br)cc1-c1cc(-c2ccco2)[nH]n1. The molecule has 0 radical (unpaired) electrons. The zero-order valence-corrected chi connectivity index (χ0v) is 10.8. The van der Waals surface area contributed by atoms with Gasteiger partial charge in [0.15, 0.2) is 5.76 Å². The first kappa shape index (κ1) is 11.1. The quantitative estimate of drug-likeness (QED) is 0.757. The van der Waals surface area contributed by atoms with E-state index < -0.39 is 0 Å². The van der Waals surface area contributed by atoms with Gasteiger partial charge in [0.1, 0.15) is 11.4 Å². The summed E-state index contributed by atoms with van der Waals surface area (Å²) in [5.41, 5.74) is 2.10. The maximum absolute atomic E-state index is 9.83. The van der Waals surface area contributed by atoms with Gasteiger partial charge in [-0.15, -0.1) is 0 Å². The fourth-order valence-electron chi connectivity index (χ4n) is 1.73. The number of aromatic hydroxyl groups is 1. The minimum absolute atomic E-state index is 0.190. The maximum atomic E-state index is 9.83. The van der Waals surface area contributed by atoms with Gasteiger partial charge in [0, 0.05) is 10.0 Å². The molecular weight excluding hydrogens is 296 g/mol. The van der Waals surface area contributed by atoms with Crippen LogP contribution in [0, 0.1) is 0 Å². The van der Waals surface area contributed by atoms with Crippen LogP contribution in [-0.4, -0.2) is 15.3 Å². The third-order valence-corrected chi connectivity index (χ3v) is 3.09. The number of nitrogens with zero attached hydrogens (tertiary/aromatic N) is 1. The summed E-state index contributed by atoms with van der Waals surface area (Å²) in [5.74, 6) is 0.902. The van der Waals surface area contributed by atoms with Gasteiger partial charge in [0.25, 0.3) is 0 Å². The van der Waals surface area contributed by atoms with E-state index in [0.29, 0.717) is 17.0 Å². The number of H-pyrrole nitrogens is 1. The number of aromatic nitrogens is 2. The monoisotopic (exact) mass is 304 g/mol.